The van der Waals surface area contributed by atoms with E-state index in [0.717, 1.165) is 0 Å². The number of anilines is 1. The van der Waals surface area contributed by atoms with Crippen molar-refractivity contribution in [3.05, 3.63) is 29.8 Å². The number of rotatable bonds is 22. The van der Waals surface area contributed by atoms with Gasteiger partial charge in [0.2, 0.25) is 0 Å². The van der Waals surface area contributed by atoms with Crippen molar-refractivity contribution in [2.75, 3.05) is 18.0 Å². The van der Waals surface area contributed by atoms with Crippen molar-refractivity contribution < 1.29 is 0 Å². The lowest BCUT2D eigenvalue weighted by Gasteiger charge is -2.27. The fourth-order valence-corrected chi connectivity index (χ4v) is 4.65. The van der Waals surface area contributed by atoms with Crippen molar-refractivity contribution in [1.82, 2.24) is 0 Å². The zero-order valence-electron chi connectivity index (χ0n) is 21.6. The van der Waals surface area contributed by atoms with Crippen LogP contribution in [0.1, 0.15) is 142 Å². The molecule has 0 unspecified atom stereocenters. The van der Waals surface area contributed by atoms with Crippen molar-refractivity contribution in [1.29, 1.82) is 0 Å². The highest BCUT2D eigenvalue weighted by atomic mass is 15.1. The van der Waals surface area contributed by atoms with E-state index in [9.17, 15) is 0 Å². The Morgan fingerprint density at radius 1 is 0.484 bits per heavy atom. The number of nitrogens with zero attached hydrogens (tertiary/aromatic N) is 1. The molecule has 0 spiro atoms. The fraction of sp³-hybridized carbons (Fsp3) is 0.800. The highest BCUT2D eigenvalue weighted by molar-refractivity contribution is 5.53. The highest BCUT2D eigenvalue weighted by Crippen LogP contribution is 2.24. The molecule has 1 aromatic carbocycles. The molecule has 0 N–H and O–H groups in total. The van der Waals surface area contributed by atoms with Gasteiger partial charge >= 0.3 is 0 Å². The van der Waals surface area contributed by atoms with E-state index in [1.165, 1.54) is 141 Å². The predicted octanol–water partition coefficient (Wildman–Crippen LogP) is 10.1. The van der Waals surface area contributed by atoms with Crippen LogP contribution in [0.4, 0.5) is 5.69 Å². The molecule has 180 valence electrons. The smallest absolute Gasteiger partial charge is 0.0398 e. The predicted molar refractivity (Wildman–Crippen MR) is 142 cm³/mol. The molecular weight excluding hydrogens is 374 g/mol. The van der Waals surface area contributed by atoms with Crippen molar-refractivity contribution in [2.24, 2.45) is 0 Å². The summed E-state index contributed by atoms with van der Waals surface area (Å²) in [5.41, 5.74) is 3.13. The van der Waals surface area contributed by atoms with E-state index in [1.807, 2.05) is 0 Å². The van der Waals surface area contributed by atoms with Crippen LogP contribution in [0.5, 0.6) is 0 Å². The van der Waals surface area contributed by atoms with Gasteiger partial charge in [0, 0.05) is 18.8 Å². The monoisotopic (exact) mass is 429 g/mol. The Balaban J connectivity index is 2.56. The third-order valence-electron chi connectivity index (χ3n) is 6.70. The van der Waals surface area contributed by atoms with Gasteiger partial charge < -0.3 is 4.90 Å². The first-order valence-corrected chi connectivity index (χ1v) is 14.2. The van der Waals surface area contributed by atoms with E-state index in [2.05, 4.69) is 49.9 Å². The lowest BCUT2D eigenvalue weighted by atomic mass is 10.0. The summed E-state index contributed by atoms with van der Waals surface area (Å²) >= 11 is 0. The second-order valence-corrected chi connectivity index (χ2v) is 9.67. The van der Waals surface area contributed by atoms with Crippen LogP contribution in [0.2, 0.25) is 0 Å². The standard InChI is InChI=1S/C30H55N/c1-4-7-10-13-16-19-24-29-25-20-21-26-30(29)31(27-22-17-14-11-8-5-2)28-23-18-15-12-9-6-3/h20-21,25-26H,4-19,22-24,27-28H2,1-3H3. The van der Waals surface area contributed by atoms with Crippen LogP contribution in [0.25, 0.3) is 0 Å². The molecule has 0 atom stereocenters. The van der Waals surface area contributed by atoms with E-state index in [0.29, 0.717) is 0 Å². The summed E-state index contributed by atoms with van der Waals surface area (Å²) in [6, 6.07) is 9.32. The topological polar surface area (TPSA) is 3.24 Å². The van der Waals surface area contributed by atoms with Gasteiger partial charge in [-0.2, -0.15) is 0 Å². The number of hydrogen-bond donors (Lipinski definition) is 0. The van der Waals surface area contributed by atoms with Crippen molar-refractivity contribution in [3.63, 3.8) is 0 Å². The van der Waals surface area contributed by atoms with Crippen LogP contribution in [-0.4, -0.2) is 13.1 Å². The van der Waals surface area contributed by atoms with Crippen LogP contribution >= 0.6 is 0 Å². The third kappa shape index (κ3) is 14.7. The maximum Gasteiger partial charge on any atom is 0.0398 e. The first-order chi connectivity index (χ1) is 15.3. The molecule has 1 heteroatoms. The molecule has 0 saturated heterocycles. The van der Waals surface area contributed by atoms with E-state index in [-0.39, 0.29) is 0 Å². The van der Waals surface area contributed by atoms with Gasteiger partial charge in [0.25, 0.3) is 0 Å². The number of aryl methyl sites for hydroxylation is 1. The second kappa shape index (κ2) is 20.9. The normalized spacial score (nSPS) is 11.2. The molecule has 0 bridgehead atoms. The van der Waals surface area contributed by atoms with Crippen molar-refractivity contribution >= 4 is 5.69 Å². The van der Waals surface area contributed by atoms with E-state index in [1.54, 1.807) is 5.56 Å². The minimum Gasteiger partial charge on any atom is -0.371 e. The van der Waals surface area contributed by atoms with E-state index >= 15 is 0 Å². The minimum absolute atomic E-state index is 1.24. The molecule has 0 saturated carbocycles. The minimum atomic E-state index is 1.24. The van der Waals surface area contributed by atoms with E-state index in [4.69, 9.17) is 0 Å². The van der Waals surface area contributed by atoms with Gasteiger partial charge in [0.1, 0.15) is 0 Å². The molecule has 0 aliphatic rings. The molecule has 1 nitrogen and oxygen atoms in total. The number of para-hydroxylation sites is 1. The quantitative estimate of drug-likeness (QED) is 0.166. The Labute approximate surface area is 196 Å². The number of unbranched alkanes of at least 4 members (excludes halogenated alkanes) is 15. The molecule has 0 amide bonds. The first kappa shape index (κ1) is 28.1. The van der Waals surface area contributed by atoms with Crippen LogP contribution in [0.15, 0.2) is 24.3 Å². The lowest BCUT2D eigenvalue weighted by Crippen LogP contribution is -2.27. The Kier molecular flexibility index (Phi) is 18.9. The van der Waals surface area contributed by atoms with Gasteiger partial charge in [0.05, 0.1) is 0 Å². The van der Waals surface area contributed by atoms with Crippen LogP contribution in [0, 0.1) is 0 Å². The summed E-state index contributed by atoms with van der Waals surface area (Å²) in [7, 11) is 0. The molecule has 0 aliphatic heterocycles. The Morgan fingerprint density at radius 2 is 0.903 bits per heavy atom. The Morgan fingerprint density at radius 3 is 1.42 bits per heavy atom. The molecule has 1 aromatic rings. The van der Waals surface area contributed by atoms with Crippen LogP contribution < -0.4 is 4.90 Å². The number of benzene rings is 1. The second-order valence-electron chi connectivity index (χ2n) is 9.67. The van der Waals surface area contributed by atoms with Crippen molar-refractivity contribution in [2.45, 2.75) is 143 Å². The van der Waals surface area contributed by atoms with Gasteiger partial charge in [-0.1, -0.05) is 135 Å². The maximum absolute atomic E-state index is 2.74. The van der Waals surface area contributed by atoms with Crippen LogP contribution in [-0.2, 0) is 6.42 Å². The average Bonchev–Trinajstić information content (AvgIpc) is 2.79. The summed E-state index contributed by atoms with van der Waals surface area (Å²) in [6.07, 6.45) is 26.2. The molecule has 0 fully saturated rings. The van der Waals surface area contributed by atoms with Gasteiger partial charge in [-0.05, 0) is 37.3 Å². The summed E-state index contributed by atoms with van der Waals surface area (Å²) in [5, 5.41) is 0. The largest absolute Gasteiger partial charge is 0.371 e. The molecule has 1 rings (SSSR count). The molecule has 31 heavy (non-hydrogen) atoms. The summed E-state index contributed by atoms with van der Waals surface area (Å²) in [4.78, 5) is 2.74. The first-order valence-electron chi connectivity index (χ1n) is 14.2. The fourth-order valence-electron chi connectivity index (χ4n) is 4.65. The zero-order valence-corrected chi connectivity index (χ0v) is 21.6. The van der Waals surface area contributed by atoms with Gasteiger partial charge in [0.15, 0.2) is 0 Å². The van der Waals surface area contributed by atoms with Crippen molar-refractivity contribution in [3.8, 4) is 0 Å². The summed E-state index contributed by atoms with van der Waals surface area (Å²) in [6.45, 7) is 9.41. The van der Waals surface area contributed by atoms with Crippen LogP contribution in [0.3, 0.4) is 0 Å². The highest BCUT2D eigenvalue weighted by Gasteiger charge is 2.11. The average molecular weight is 430 g/mol. The molecule has 0 heterocycles. The van der Waals surface area contributed by atoms with Gasteiger partial charge in [-0.3, -0.25) is 0 Å². The summed E-state index contributed by atoms with van der Waals surface area (Å²) in [5.74, 6) is 0. The Hall–Kier alpha value is -0.980. The molecular formula is C30H55N. The SMILES string of the molecule is CCCCCCCCc1ccccc1N(CCCCCCCC)CCCCCCCC. The zero-order chi connectivity index (χ0) is 22.4. The molecule has 0 aliphatic carbocycles. The molecule has 0 radical (unpaired) electrons. The maximum atomic E-state index is 2.74. The molecule has 0 aromatic heterocycles. The van der Waals surface area contributed by atoms with Gasteiger partial charge in [-0.25, -0.2) is 0 Å². The Bertz CT molecular complexity index is 479. The van der Waals surface area contributed by atoms with Gasteiger partial charge in [-0.15, -0.1) is 0 Å². The number of hydrogen-bond acceptors (Lipinski definition) is 1. The summed E-state index contributed by atoms with van der Waals surface area (Å²) < 4.78 is 0. The van der Waals surface area contributed by atoms with E-state index < -0.39 is 0 Å². The third-order valence-corrected chi connectivity index (χ3v) is 6.70. The lowest BCUT2D eigenvalue weighted by molar-refractivity contribution is 0.573.